The summed E-state index contributed by atoms with van der Waals surface area (Å²) in [7, 11) is 0. The number of piperazine rings is 1. The minimum absolute atomic E-state index is 0.0375. The van der Waals surface area contributed by atoms with Crippen LogP contribution in [0.2, 0.25) is 0 Å². The predicted octanol–water partition coefficient (Wildman–Crippen LogP) is 1.24. The maximum absolute atomic E-state index is 12.5. The Kier molecular flexibility index (Phi) is 2.86. The molecule has 2 aliphatic rings. The Hall–Kier alpha value is -1.75. The van der Waals surface area contributed by atoms with Gasteiger partial charge in [-0.1, -0.05) is 0 Å². The van der Waals surface area contributed by atoms with E-state index >= 15 is 0 Å². The van der Waals surface area contributed by atoms with E-state index in [9.17, 15) is 4.79 Å². The number of nitrogens with zero attached hydrogens (tertiary/aromatic N) is 1. The number of hydrogen-bond donors (Lipinski definition) is 1. The van der Waals surface area contributed by atoms with Crippen LogP contribution in [0, 0.1) is 0 Å². The topological polar surface area (TPSA) is 50.8 Å². The van der Waals surface area contributed by atoms with Crippen LogP contribution < -0.4 is 14.8 Å². The quantitative estimate of drug-likeness (QED) is 0.827. The van der Waals surface area contributed by atoms with Crippen LogP contribution in [-0.2, 0) is 0 Å². The van der Waals surface area contributed by atoms with Gasteiger partial charge in [-0.3, -0.25) is 4.79 Å². The standard InChI is InChI=1S/C14H18N2O3/c1-14(2)8-16(6-5-15-14)13(17)10-3-4-11-12(7-10)19-9-18-11/h3-4,7,15H,5-6,8-9H2,1-2H3. The van der Waals surface area contributed by atoms with Crippen molar-refractivity contribution in [2.75, 3.05) is 26.4 Å². The van der Waals surface area contributed by atoms with Gasteiger partial charge in [0.05, 0.1) is 0 Å². The van der Waals surface area contributed by atoms with Crippen LogP contribution in [0.3, 0.4) is 0 Å². The zero-order valence-corrected chi connectivity index (χ0v) is 11.2. The van der Waals surface area contributed by atoms with Crippen molar-refractivity contribution in [1.82, 2.24) is 10.2 Å². The van der Waals surface area contributed by atoms with E-state index in [4.69, 9.17) is 9.47 Å². The zero-order chi connectivity index (χ0) is 13.5. The number of carbonyl (C=O) groups excluding carboxylic acids is 1. The second-order valence-corrected chi connectivity index (χ2v) is 5.61. The third-order valence-corrected chi connectivity index (χ3v) is 3.48. The summed E-state index contributed by atoms with van der Waals surface area (Å²) in [6.45, 7) is 6.70. The molecule has 0 bridgehead atoms. The highest BCUT2D eigenvalue weighted by molar-refractivity contribution is 5.95. The Morgan fingerprint density at radius 2 is 2.11 bits per heavy atom. The van der Waals surface area contributed by atoms with Crippen molar-refractivity contribution in [3.8, 4) is 11.5 Å². The molecule has 1 aromatic rings. The molecule has 1 aromatic carbocycles. The lowest BCUT2D eigenvalue weighted by Crippen LogP contribution is -2.58. The highest BCUT2D eigenvalue weighted by Gasteiger charge is 2.29. The van der Waals surface area contributed by atoms with Gasteiger partial charge in [0.1, 0.15) is 0 Å². The predicted molar refractivity (Wildman–Crippen MR) is 70.6 cm³/mol. The zero-order valence-electron chi connectivity index (χ0n) is 11.2. The average Bonchev–Trinajstić information content (AvgIpc) is 2.83. The van der Waals surface area contributed by atoms with Crippen LogP contribution >= 0.6 is 0 Å². The molecule has 2 heterocycles. The van der Waals surface area contributed by atoms with Crippen LogP contribution in [0.4, 0.5) is 0 Å². The molecule has 1 fully saturated rings. The van der Waals surface area contributed by atoms with E-state index in [-0.39, 0.29) is 18.2 Å². The van der Waals surface area contributed by atoms with Crippen LogP contribution in [0.1, 0.15) is 24.2 Å². The first-order valence-electron chi connectivity index (χ1n) is 6.49. The molecular weight excluding hydrogens is 244 g/mol. The Labute approximate surface area is 112 Å². The van der Waals surface area contributed by atoms with Crippen LogP contribution in [-0.4, -0.2) is 42.8 Å². The molecule has 19 heavy (non-hydrogen) atoms. The molecule has 1 amide bonds. The van der Waals surface area contributed by atoms with Crippen molar-refractivity contribution in [3.05, 3.63) is 23.8 Å². The minimum Gasteiger partial charge on any atom is -0.454 e. The lowest BCUT2D eigenvalue weighted by molar-refractivity contribution is 0.0652. The maximum Gasteiger partial charge on any atom is 0.254 e. The highest BCUT2D eigenvalue weighted by Crippen LogP contribution is 2.33. The molecule has 102 valence electrons. The van der Waals surface area contributed by atoms with E-state index < -0.39 is 0 Å². The monoisotopic (exact) mass is 262 g/mol. The van der Waals surface area contributed by atoms with Gasteiger partial charge in [0.15, 0.2) is 11.5 Å². The van der Waals surface area contributed by atoms with E-state index in [1.54, 1.807) is 18.2 Å². The molecular formula is C14H18N2O3. The molecule has 0 atom stereocenters. The van der Waals surface area contributed by atoms with Gasteiger partial charge in [0.25, 0.3) is 5.91 Å². The van der Waals surface area contributed by atoms with Crippen molar-refractivity contribution >= 4 is 5.91 Å². The van der Waals surface area contributed by atoms with Crippen molar-refractivity contribution in [3.63, 3.8) is 0 Å². The summed E-state index contributed by atoms with van der Waals surface area (Å²) in [5.74, 6) is 1.41. The molecule has 1 N–H and O–H groups in total. The number of fused-ring (bicyclic) bond motifs is 1. The molecule has 0 unspecified atom stereocenters. The minimum atomic E-state index is -0.0375. The normalized spacial score (nSPS) is 20.4. The lowest BCUT2D eigenvalue weighted by Gasteiger charge is -2.39. The molecule has 1 saturated heterocycles. The van der Waals surface area contributed by atoms with Gasteiger partial charge in [-0.2, -0.15) is 0 Å². The summed E-state index contributed by atoms with van der Waals surface area (Å²) in [6.07, 6.45) is 0. The molecule has 5 nitrogen and oxygen atoms in total. The van der Waals surface area contributed by atoms with Gasteiger partial charge < -0.3 is 19.7 Å². The number of ether oxygens (including phenoxy) is 2. The highest BCUT2D eigenvalue weighted by atomic mass is 16.7. The smallest absolute Gasteiger partial charge is 0.254 e. The summed E-state index contributed by atoms with van der Waals surface area (Å²) in [5.41, 5.74) is 0.617. The lowest BCUT2D eigenvalue weighted by atomic mass is 10.0. The molecule has 0 aliphatic carbocycles. The molecule has 0 saturated carbocycles. The Morgan fingerprint density at radius 1 is 1.32 bits per heavy atom. The fourth-order valence-corrected chi connectivity index (χ4v) is 2.53. The number of amides is 1. The first-order chi connectivity index (χ1) is 9.05. The molecule has 0 aromatic heterocycles. The second kappa shape index (κ2) is 4.42. The molecule has 0 spiro atoms. The van der Waals surface area contributed by atoms with Crippen LogP contribution in [0.25, 0.3) is 0 Å². The van der Waals surface area contributed by atoms with Crippen molar-refractivity contribution in [2.24, 2.45) is 0 Å². The Balaban J connectivity index is 1.80. The fraction of sp³-hybridized carbons (Fsp3) is 0.500. The third kappa shape index (κ3) is 2.38. The second-order valence-electron chi connectivity index (χ2n) is 5.61. The maximum atomic E-state index is 12.5. The Bertz CT molecular complexity index is 513. The molecule has 2 aliphatic heterocycles. The number of carbonyl (C=O) groups is 1. The molecule has 3 rings (SSSR count). The van der Waals surface area contributed by atoms with Gasteiger partial charge in [-0.25, -0.2) is 0 Å². The van der Waals surface area contributed by atoms with E-state index in [0.717, 1.165) is 13.1 Å². The van der Waals surface area contributed by atoms with Crippen LogP contribution in [0.15, 0.2) is 18.2 Å². The summed E-state index contributed by atoms with van der Waals surface area (Å²) < 4.78 is 10.6. The van der Waals surface area contributed by atoms with Gasteiger partial charge in [-0.05, 0) is 32.0 Å². The van der Waals surface area contributed by atoms with Gasteiger partial charge in [-0.15, -0.1) is 0 Å². The van der Waals surface area contributed by atoms with Crippen molar-refractivity contribution < 1.29 is 14.3 Å². The average molecular weight is 262 g/mol. The largest absolute Gasteiger partial charge is 0.454 e. The third-order valence-electron chi connectivity index (χ3n) is 3.48. The molecule has 5 heteroatoms. The molecule has 0 radical (unpaired) electrons. The summed E-state index contributed by atoms with van der Waals surface area (Å²) >= 11 is 0. The first kappa shape index (κ1) is 12.3. The Morgan fingerprint density at radius 3 is 2.89 bits per heavy atom. The van der Waals surface area contributed by atoms with E-state index in [0.29, 0.717) is 23.6 Å². The summed E-state index contributed by atoms with van der Waals surface area (Å²) in [4.78, 5) is 14.4. The van der Waals surface area contributed by atoms with Gasteiger partial charge in [0.2, 0.25) is 6.79 Å². The number of benzene rings is 1. The summed E-state index contributed by atoms with van der Waals surface area (Å²) in [5, 5.41) is 3.40. The van der Waals surface area contributed by atoms with E-state index in [1.165, 1.54) is 0 Å². The van der Waals surface area contributed by atoms with Crippen molar-refractivity contribution in [2.45, 2.75) is 19.4 Å². The van der Waals surface area contributed by atoms with E-state index in [2.05, 4.69) is 19.2 Å². The number of nitrogens with one attached hydrogen (secondary N) is 1. The van der Waals surface area contributed by atoms with Crippen molar-refractivity contribution in [1.29, 1.82) is 0 Å². The van der Waals surface area contributed by atoms with E-state index in [1.807, 2.05) is 4.90 Å². The first-order valence-corrected chi connectivity index (χ1v) is 6.49. The van der Waals surface area contributed by atoms with Crippen LogP contribution in [0.5, 0.6) is 11.5 Å². The van der Waals surface area contributed by atoms with Gasteiger partial charge in [0, 0.05) is 30.7 Å². The van der Waals surface area contributed by atoms with Gasteiger partial charge >= 0.3 is 0 Å². The SMILES string of the molecule is CC1(C)CN(C(=O)c2ccc3c(c2)OCO3)CCN1. The fourth-order valence-electron chi connectivity index (χ4n) is 2.53. The summed E-state index contributed by atoms with van der Waals surface area (Å²) in [6, 6.07) is 5.35. The number of hydrogen-bond acceptors (Lipinski definition) is 4. The number of rotatable bonds is 1.